The van der Waals surface area contributed by atoms with E-state index >= 15 is 0 Å². The van der Waals surface area contributed by atoms with Gasteiger partial charge in [0.05, 0.1) is 11.3 Å². The first kappa shape index (κ1) is 15.6. The lowest BCUT2D eigenvalue weighted by atomic mass is 10.0. The van der Waals surface area contributed by atoms with E-state index in [1.165, 1.54) is 17.6 Å². The van der Waals surface area contributed by atoms with Crippen LogP contribution in [0.25, 0.3) is 0 Å². The molecule has 1 aromatic carbocycles. The van der Waals surface area contributed by atoms with Gasteiger partial charge in [-0.2, -0.15) is 0 Å². The maximum atomic E-state index is 12.2. The van der Waals surface area contributed by atoms with Gasteiger partial charge in [-0.15, -0.1) is 0 Å². The van der Waals surface area contributed by atoms with Crippen LogP contribution in [0.4, 0.5) is 5.69 Å². The zero-order chi connectivity index (χ0) is 16.1. The lowest BCUT2D eigenvalue weighted by molar-refractivity contribution is -0.384. The molecule has 2 N–H and O–H groups in total. The SMILES string of the molecule is O=C(CC1=CCCN(Cc2ccc([N+](=O)[O-])cc2)C1=O)NO. The van der Waals surface area contributed by atoms with Gasteiger partial charge in [0.2, 0.25) is 11.8 Å². The summed E-state index contributed by atoms with van der Waals surface area (Å²) in [7, 11) is 0. The van der Waals surface area contributed by atoms with E-state index in [1.807, 2.05) is 0 Å². The van der Waals surface area contributed by atoms with Gasteiger partial charge in [0.15, 0.2) is 0 Å². The molecule has 0 radical (unpaired) electrons. The number of non-ortho nitro benzene ring substituents is 1. The quantitative estimate of drug-likeness (QED) is 0.481. The first-order chi connectivity index (χ1) is 10.5. The minimum atomic E-state index is -0.642. The van der Waals surface area contributed by atoms with E-state index in [1.54, 1.807) is 23.1 Å². The summed E-state index contributed by atoms with van der Waals surface area (Å²) >= 11 is 0. The Morgan fingerprint density at radius 1 is 1.36 bits per heavy atom. The molecule has 0 spiro atoms. The minimum Gasteiger partial charge on any atom is -0.334 e. The lowest BCUT2D eigenvalue weighted by Gasteiger charge is -2.27. The van der Waals surface area contributed by atoms with Crippen molar-refractivity contribution in [1.82, 2.24) is 10.4 Å². The van der Waals surface area contributed by atoms with Crippen LogP contribution in [0.1, 0.15) is 18.4 Å². The van der Waals surface area contributed by atoms with Crippen LogP contribution in [0.15, 0.2) is 35.9 Å². The third-order valence-corrected chi connectivity index (χ3v) is 3.35. The highest BCUT2D eigenvalue weighted by atomic mass is 16.6. The molecule has 0 bridgehead atoms. The van der Waals surface area contributed by atoms with Crippen LogP contribution in [0, 0.1) is 10.1 Å². The fraction of sp³-hybridized carbons (Fsp3) is 0.286. The second kappa shape index (κ2) is 6.81. The number of nitro benzene ring substituents is 1. The standard InChI is InChI=1S/C14H15N3O5/c18-13(15-20)8-11-2-1-7-16(14(11)19)9-10-3-5-12(6-4-10)17(21)22/h2-6,20H,1,7-9H2,(H,15,18). The van der Waals surface area contributed by atoms with Gasteiger partial charge in [0.25, 0.3) is 5.69 Å². The number of nitrogens with one attached hydrogen (secondary N) is 1. The molecule has 8 nitrogen and oxygen atoms in total. The van der Waals surface area contributed by atoms with Crippen LogP contribution in [-0.4, -0.2) is 33.4 Å². The Morgan fingerprint density at radius 3 is 2.64 bits per heavy atom. The number of nitrogens with zero attached hydrogens (tertiary/aromatic N) is 2. The summed E-state index contributed by atoms with van der Waals surface area (Å²) in [5, 5.41) is 19.1. The number of carbonyl (C=O) groups excluding carboxylic acids is 2. The zero-order valence-electron chi connectivity index (χ0n) is 11.7. The Labute approximate surface area is 126 Å². The molecule has 22 heavy (non-hydrogen) atoms. The van der Waals surface area contributed by atoms with E-state index in [4.69, 9.17) is 5.21 Å². The molecule has 0 saturated heterocycles. The summed E-state index contributed by atoms with van der Waals surface area (Å²) in [6, 6.07) is 5.98. The van der Waals surface area contributed by atoms with Crippen molar-refractivity contribution in [1.29, 1.82) is 0 Å². The monoisotopic (exact) mass is 305 g/mol. The summed E-state index contributed by atoms with van der Waals surface area (Å²) in [4.78, 5) is 35.1. The maximum absolute atomic E-state index is 12.2. The van der Waals surface area contributed by atoms with Gasteiger partial charge in [-0.05, 0) is 12.0 Å². The third-order valence-electron chi connectivity index (χ3n) is 3.35. The molecule has 0 aliphatic carbocycles. The Kier molecular flexibility index (Phi) is 4.84. The van der Waals surface area contributed by atoms with Crippen LogP contribution in [0.5, 0.6) is 0 Å². The number of hydrogen-bond donors (Lipinski definition) is 2. The Hall–Kier alpha value is -2.74. The number of hydrogen-bond acceptors (Lipinski definition) is 5. The highest BCUT2D eigenvalue weighted by molar-refractivity contribution is 5.99. The smallest absolute Gasteiger partial charge is 0.269 e. The van der Waals surface area contributed by atoms with Gasteiger partial charge >= 0.3 is 0 Å². The summed E-state index contributed by atoms with van der Waals surface area (Å²) in [6.07, 6.45) is 2.13. The van der Waals surface area contributed by atoms with Gasteiger partial charge in [-0.3, -0.25) is 24.9 Å². The predicted octanol–water partition coefficient (Wildman–Crippen LogP) is 1.15. The fourth-order valence-corrected chi connectivity index (χ4v) is 2.24. The van der Waals surface area contributed by atoms with Crippen molar-refractivity contribution in [3.63, 3.8) is 0 Å². The van der Waals surface area contributed by atoms with Crippen LogP contribution in [0.3, 0.4) is 0 Å². The normalized spacial score (nSPS) is 14.5. The molecule has 0 atom stereocenters. The lowest BCUT2D eigenvalue weighted by Crippen LogP contribution is -2.36. The predicted molar refractivity (Wildman–Crippen MR) is 75.8 cm³/mol. The second-order valence-corrected chi connectivity index (χ2v) is 4.88. The van der Waals surface area contributed by atoms with Crippen molar-refractivity contribution in [3.05, 3.63) is 51.6 Å². The Bertz CT molecular complexity index is 624. The molecule has 2 amide bonds. The van der Waals surface area contributed by atoms with Crippen molar-refractivity contribution in [2.45, 2.75) is 19.4 Å². The molecular weight excluding hydrogens is 290 g/mol. The van der Waals surface area contributed by atoms with E-state index in [-0.39, 0.29) is 18.0 Å². The van der Waals surface area contributed by atoms with Crippen molar-refractivity contribution >= 4 is 17.5 Å². The van der Waals surface area contributed by atoms with Crippen molar-refractivity contribution in [2.24, 2.45) is 0 Å². The van der Waals surface area contributed by atoms with Crippen LogP contribution < -0.4 is 5.48 Å². The first-order valence-electron chi connectivity index (χ1n) is 6.66. The first-order valence-corrected chi connectivity index (χ1v) is 6.66. The fourth-order valence-electron chi connectivity index (χ4n) is 2.24. The van der Waals surface area contributed by atoms with Gasteiger partial charge in [-0.25, -0.2) is 5.48 Å². The molecular formula is C14H15N3O5. The molecule has 8 heteroatoms. The molecule has 1 aliphatic heterocycles. The number of rotatable bonds is 5. The van der Waals surface area contributed by atoms with E-state index < -0.39 is 10.8 Å². The molecule has 0 fully saturated rings. The van der Waals surface area contributed by atoms with Crippen molar-refractivity contribution in [2.75, 3.05) is 6.54 Å². The van der Waals surface area contributed by atoms with Crippen molar-refractivity contribution < 1.29 is 19.7 Å². The van der Waals surface area contributed by atoms with Gasteiger partial charge in [0.1, 0.15) is 0 Å². The Balaban J connectivity index is 2.04. The highest BCUT2D eigenvalue weighted by Crippen LogP contribution is 2.19. The molecule has 1 aromatic rings. The maximum Gasteiger partial charge on any atom is 0.269 e. The topological polar surface area (TPSA) is 113 Å². The largest absolute Gasteiger partial charge is 0.334 e. The van der Waals surface area contributed by atoms with Gasteiger partial charge in [0, 0.05) is 30.8 Å². The van der Waals surface area contributed by atoms with Gasteiger partial charge in [-0.1, -0.05) is 18.2 Å². The van der Waals surface area contributed by atoms with E-state index in [9.17, 15) is 19.7 Å². The molecule has 1 heterocycles. The number of nitro groups is 1. The van der Waals surface area contributed by atoms with E-state index in [0.29, 0.717) is 25.1 Å². The summed E-state index contributed by atoms with van der Waals surface area (Å²) in [6.45, 7) is 0.828. The molecule has 0 aromatic heterocycles. The number of benzene rings is 1. The van der Waals surface area contributed by atoms with E-state index in [0.717, 1.165) is 5.56 Å². The second-order valence-electron chi connectivity index (χ2n) is 4.88. The average molecular weight is 305 g/mol. The number of hydroxylamine groups is 1. The highest BCUT2D eigenvalue weighted by Gasteiger charge is 2.23. The van der Waals surface area contributed by atoms with Crippen LogP contribution in [-0.2, 0) is 16.1 Å². The molecule has 1 aliphatic rings. The third kappa shape index (κ3) is 3.67. The van der Waals surface area contributed by atoms with E-state index in [2.05, 4.69) is 0 Å². The van der Waals surface area contributed by atoms with Gasteiger partial charge < -0.3 is 4.90 Å². The number of amides is 2. The van der Waals surface area contributed by atoms with Crippen LogP contribution in [0.2, 0.25) is 0 Å². The Morgan fingerprint density at radius 2 is 2.05 bits per heavy atom. The van der Waals surface area contributed by atoms with Crippen LogP contribution >= 0.6 is 0 Å². The molecule has 116 valence electrons. The number of carbonyl (C=O) groups is 2. The molecule has 0 saturated carbocycles. The summed E-state index contributed by atoms with van der Waals surface area (Å²) in [5.41, 5.74) is 2.60. The minimum absolute atomic E-state index is 0.00563. The molecule has 0 unspecified atom stereocenters. The zero-order valence-corrected chi connectivity index (χ0v) is 11.7. The summed E-state index contributed by atoms with van der Waals surface area (Å²) in [5.74, 6) is -0.912. The van der Waals surface area contributed by atoms with Crippen molar-refractivity contribution in [3.8, 4) is 0 Å². The average Bonchev–Trinajstić information content (AvgIpc) is 2.51. The summed E-state index contributed by atoms with van der Waals surface area (Å²) < 4.78 is 0. The molecule has 2 rings (SSSR count).